The molecule has 9 heteroatoms. The number of carbonyl (C=O) groups is 1. The minimum Gasteiger partial charge on any atom is -0.390 e. The van der Waals surface area contributed by atoms with Gasteiger partial charge in [-0.15, -0.1) is 0 Å². The van der Waals surface area contributed by atoms with Gasteiger partial charge < -0.3 is 25.0 Å². The number of nitrogens with one attached hydrogen (secondary N) is 2. The predicted molar refractivity (Wildman–Crippen MR) is 152 cm³/mol. The largest absolute Gasteiger partial charge is 0.492 e. The molecule has 0 fully saturated rings. The van der Waals surface area contributed by atoms with E-state index in [0.29, 0.717) is 19.5 Å². The molecule has 2 amide bonds. The lowest BCUT2D eigenvalue weighted by Crippen LogP contribution is -2.40. The standard InChI is InChI=1S/C28H56N4O4Si/c1-2-3-4-5-6-7-8-9-10-11-12-13-14-15-16-17-22-31-24-25-32(27-31)23-18-20-29-28(33)30-21-19-26-37(34,35)36/h24-25,27,34-36H,2-23,26H2,1H3,(H-,29,30,33)/p+1. The number of urea groups is 1. The molecule has 1 aromatic rings. The molecule has 0 aliphatic heterocycles. The smallest absolute Gasteiger partial charge is 0.390 e. The van der Waals surface area contributed by atoms with Gasteiger partial charge in [0.15, 0.2) is 0 Å². The zero-order valence-corrected chi connectivity index (χ0v) is 24.6. The summed E-state index contributed by atoms with van der Waals surface area (Å²) in [5.74, 6) is 0. The van der Waals surface area contributed by atoms with Crippen molar-refractivity contribution in [2.75, 3.05) is 13.1 Å². The van der Waals surface area contributed by atoms with Gasteiger partial charge in [0.2, 0.25) is 6.33 Å². The molecule has 0 unspecified atom stereocenters. The Morgan fingerprint density at radius 3 is 1.73 bits per heavy atom. The van der Waals surface area contributed by atoms with Gasteiger partial charge >= 0.3 is 14.8 Å². The van der Waals surface area contributed by atoms with Crippen molar-refractivity contribution in [2.45, 2.75) is 142 Å². The van der Waals surface area contributed by atoms with Crippen LogP contribution in [-0.4, -0.2) is 46.9 Å². The van der Waals surface area contributed by atoms with Crippen LogP contribution >= 0.6 is 0 Å². The summed E-state index contributed by atoms with van der Waals surface area (Å²) in [5, 5.41) is 5.45. The third-order valence-corrected chi connectivity index (χ3v) is 7.89. The molecule has 0 aliphatic rings. The predicted octanol–water partition coefficient (Wildman–Crippen LogP) is 5.03. The number of hydrogen-bond acceptors (Lipinski definition) is 4. The fourth-order valence-electron chi connectivity index (χ4n) is 4.60. The molecular formula is C28H57N4O4Si+. The van der Waals surface area contributed by atoms with Gasteiger partial charge in [0.1, 0.15) is 12.4 Å². The third-order valence-electron chi connectivity index (χ3n) is 6.87. The zero-order chi connectivity index (χ0) is 27.0. The Bertz CT molecular complexity index is 667. The molecule has 0 aromatic carbocycles. The molecule has 0 radical (unpaired) electrons. The summed E-state index contributed by atoms with van der Waals surface area (Å²) in [6, 6.07) is -0.340. The van der Waals surface area contributed by atoms with Gasteiger partial charge in [-0.25, -0.2) is 13.9 Å². The molecular weight excluding hydrogens is 484 g/mol. The van der Waals surface area contributed by atoms with E-state index in [1.54, 1.807) is 0 Å². The number of imidazole rings is 1. The van der Waals surface area contributed by atoms with E-state index in [1.165, 1.54) is 103 Å². The van der Waals surface area contributed by atoms with Crippen LogP contribution in [0.3, 0.4) is 0 Å². The molecule has 216 valence electrons. The minimum absolute atomic E-state index is 0.0691. The highest BCUT2D eigenvalue weighted by Crippen LogP contribution is 2.13. The van der Waals surface area contributed by atoms with E-state index in [2.05, 4.69) is 45.4 Å². The van der Waals surface area contributed by atoms with E-state index in [4.69, 9.17) is 14.4 Å². The van der Waals surface area contributed by atoms with E-state index >= 15 is 0 Å². The highest BCUT2D eigenvalue weighted by Gasteiger charge is 2.25. The first-order valence-electron chi connectivity index (χ1n) is 15.1. The van der Waals surface area contributed by atoms with E-state index in [-0.39, 0.29) is 12.1 Å². The van der Waals surface area contributed by atoms with Gasteiger partial charge in [0.05, 0.1) is 13.1 Å². The van der Waals surface area contributed by atoms with Crippen molar-refractivity contribution in [3.05, 3.63) is 18.7 Å². The van der Waals surface area contributed by atoms with Gasteiger partial charge in [-0.3, -0.25) is 0 Å². The average Bonchev–Trinajstić information content (AvgIpc) is 3.31. The quantitative estimate of drug-likeness (QED) is 0.0679. The number of amides is 2. The number of nitrogens with zero attached hydrogens (tertiary/aromatic N) is 2. The highest BCUT2D eigenvalue weighted by atomic mass is 28.4. The maximum atomic E-state index is 11.7. The van der Waals surface area contributed by atoms with Crippen molar-refractivity contribution in [2.24, 2.45) is 0 Å². The Morgan fingerprint density at radius 1 is 0.730 bits per heavy atom. The summed E-state index contributed by atoms with van der Waals surface area (Å²) < 4.78 is 4.40. The van der Waals surface area contributed by atoms with Crippen molar-refractivity contribution in [1.82, 2.24) is 15.2 Å². The highest BCUT2D eigenvalue weighted by molar-refractivity contribution is 6.56. The molecule has 0 atom stereocenters. The van der Waals surface area contributed by atoms with Crippen molar-refractivity contribution in [3.63, 3.8) is 0 Å². The molecule has 0 aliphatic carbocycles. The van der Waals surface area contributed by atoms with Crippen LogP contribution in [0.1, 0.15) is 122 Å². The fraction of sp³-hybridized carbons (Fsp3) is 0.857. The maximum absolute atomic E-state index is 11.7. The molecule has 0 bridgehead atoms. The lowest BCUT2D eigenvalue weighted by atomic mass is 10.0. The number of hydrogen-bond donors (Lipinski definition) is 5. The summed E-state index contributed by atoms with van der Waals surface area (Å²) >= 11 is 0. The molecule has 1 aromatic heterocycles. The third kappa shape index (κ3) is 22.3. The summed E-state index contributed by atoms with van der Waals surface area (Å²) in [4.78, 5) is 38.5. The molecule has 0 saturated heterocycles. The Labute approximate surface area is 227 Å². The van der Waals surface area contributed by atoms with Crippen LogP contribution in [0.2, 0.25) is 6.04 Å². The topological polar surface area (TPSA) is 111 Å². The second-order valence-electron chi connectivity index (χ2n) is 10.6. The second-order valence-corrected chi connectivity index (χ2v) is 12.7. The molecule has 1 rings (SSSR count). The fourth-order valence-corrected chi connectivity index (χ4v) is 5.25. The van der Waals surface area contributed by atoms with Crippen molar-refractivity contribution in [3.8, 4) is 0 Å². The monoisotopic (exact) mass is 541 g/mol. The molecule has 5 N–H and O–H groups in total. The Balaban J connectivity index is 1.88. The van der Waals surface area contributed by atoms with Crippen LogP contribution in [-0.2, 0) is 13.1 Å². The lowest BCUT2D eigenvalue weighted by molar-refractivity contribution is -0.696. The van der Waals surface area contributed by atoms with Crippen LogP contribution in [0.15, 0.2) is 18.7 Å². The summed E-state index contributed by atoms with van der Waals surface area (Å²) in [6.07, 6.45) is 29.8. The Kier molecular flexibility index (Phi) is 20.5. The van der Waals surface area contributed by atoms with Crippen LogP contribution < -0.4 is 15.2 Å². The number of aryl methyl sites for hydroxylation is 2. The lowest BCUT2D eigenvalue weighted by Gasteiger charge is -2.10. The molecule has 1 heterocycles. The van der Waals surface area contributed by atoms with E-state index in [1.807, 2.05) is 0 Å². The van der Waals surface area contributed by atoms with E-state index in [0.717, 1.165) is 19.5 Å². The maximum Gasteiger partial charge on any atom is 0.492 e. The van der Waals surface area contributed by atoms with Crippen LogP contribution in [0.5, 0.6) is 0 Å². The molecule has 0 spiro atoms. The summed E-state index contributed by atoms with van der Waals surface area (Å²) in [6.45, 7) is 5.07. The SMILES string of the molecule is CCCCCCCCCCCCCCCCCCn1cc[n+](CCCNC(=O)NCCC[Si](O)(O)O)c1. The van der Waals surface area contributed by atoms with Crippen LogP contribution in [0.4, 0.5) is 4.79 Å². The normalized spacial score (nSPS) is 11.7. The molecule has 37 heavy (non-hydrogen) atoms. The minimum atomic E-state index is -4.00. The Morgan fingerprint density at radius 2 is 1.22 bits per heavy atom. The summed E-state index contributed by atoms with van der Waals surface area (Å²) in [5.41, 5.74) is 0. The summed E-state index contributed by atoms with van der Waals surface area (Å²) in [7, 11) is -4.00. The first-order valence-corrected chi connectivity index (χ1v) is 17.2. The first kappa shape index (κ1) is 33.6. The van der Waals surface area contributed by atoms with Gasteiger partial charge in [-0.05, 0) is 19.3 Å². The van der Waals surface area contributed by atoms with Crippen molar-refractivity contribution in [1.29, 1.82) is 0 Å². The van der Waals surface area contributed by atoms with E-state index in [9.17, 15) is 4.79 Å². The number of aromatic nitrogens is 2. The van der Waals surface area contributed by atoms with Crippen molar-refractivity contribution >= 4 is 14.8 Å². The Hall–Kier alpha value is -1.42. The molecule has 0 saturated carbocycles. The first-order chi connectivity index (χ1) is 17.9. The average molecular weight is 542 g/mol. The van der Waals surface area contributed by atoms with Gasteiger partial charge in [0.25, 0.3) is 0 Å². The number of rotatable bonds is 25. The molecule has 8 nitrogen and oxygen atoms in total. The van der Waals surface area contributed by atoms with Gasteiger partial charge in [0, 0.05) is 25.6 Å². The zero-order valence-electron chi connectivity index (χ0n) is 23.6. The number of carbonyl (C=O) groups excluding carboxylic acids is 1. The van der Waals surface area contributed by atoms with Crippen LogP contribution in [0, 0.1) is 0 Å². The van der Waals surface area contributed by atoms with Gasteiger partial charge in [-0.2, -0.15) is 0 Å². The number of unbranched alkanes of at least 4 members (excludes halogenated alkanes) is 15. The van der Waals surface area contributed by atoms with Gasteiger partial charge in [-0.1, -0.05) is 96.8 Å². The second kappa shape index (κ2) is 22.6. The van der Waals surface area contributed by atoms with Crippen LogP contribution in [0.25, 0.3) is 0 Å². The van der Waals surface area contributed by atoms with Crippen molar-refractivity contribution < 1.29 is 23.7 Å². The van der Waals surface area contributed by atoms with E-state index < -0.39 is 8.80 Å².